The first-order valence-corrected chi connectivity index (χ1v) is 10.4. The Labute approximate surface area is 145 Å². The Morgan fingerprint density at radius 1 is 1.12 bits per heavy atom. The number of hydrogen-bond acceptors (Lipinski definition) is 5. The van der Waals surface area contributed by atoms with Crippen LogP contribution in [0.15, 0.2) is 29.6 Å². The van der Waals surface area contributed by atoms with Crippen LogP contribution >= 0.6 is 18.9 Å². The molecule has 3 aromatic rings. The highest BCUT2D eigenvalue weighted by molar-refractivity contribution is 7.62. The van der Waals surface area contributed by atoms with Crippen LogP contribution in [0, 0.1) is 13.8 Å². The van der Waals surface area contributed by atoms with E-state index >= 15 is 0 Å². The minimum atomic E-state index is -3.47. The molecule has 0 aliphatic heterocycles. The topological polar surface area (TPSA) is 52.8 Å². The molecule has 1 aromatic carbocycles. The molecule has 0 amide bonds. The van der Waals surface area contributed by atoms with E-state index in [2.05, 4.69) is 0 Å². The van der Waals surface area contributed by atoms with Gasteiger partial charge in [0.05, 0.1) is 13.2 Å². The van der Waals surface area contributed by atoms with E-state index in [1.807, 2.05) is 61.7 Å². The highest BCUT2D eigenvalue weighted by atomic mass is 32.1. The fourth-order valence-electron chi connectivity index (χ4n) is 2.64. The number of aryl methyl sites for hydroxylation is 2. The van der Waals surface area contributed by atoms with Crippen molar-refractivity contribution in [1.82, 2.24) is 9.38 Å². The maximum Gasteiger partial charge on any atom is 0.380 e. The molecule has 0 bridgehead atoms. The van der Waals surface area contributed by atoms with Crippen molar-refractivity contribution in [3.8, 4) is 11.3 Å². The molecule has 2 heterocycles. The molecule has 0 saturated carbocycles. The lowest BCUT2D eigenvalue weighted by Gasteiger charge is -2.18. The number of fused-ring (bicyclic) bond motifs is 1. The molecule has 5 nitrogen and oxygen atoms in total. The third-order valence-corrected chi connectivity index (χ3v) is 6.76. The van der Waals surface area contributed by atoms with Gasteiger partial charge in [-0.3, -0.25) is 8.97 Å². The fourth-order valence-corrected chi connectivity index (χ4v) is 5.51. The molecule has 0 atom stereocenters. The Balaban J connectivity index is 2.30. The van der Waals surface area contributed by atoms with Crippen molar-refractivity contribution in [3.63, 3.8) is 0 Å². The van der Waals surface area contributed by atoms with Crippen LogP contribution in [0.25, 0.3) is 16.2 Å². The summed E-state index contributed by atoms with van der Waals surface area (Å²) in [5.74, 6) is 0. The SMILES string of the molecule is CCOP(=O)(OCC)c1c(-c2ccc(C)cc2)nc2scc(C)n12. The fraction of sp³-hybridized carbons (Fsp3) is 0.353. The van der Waals surface area contributed by atoms with Gasteiger partial charge in [0.25, 0.3) is 0 Å². The van der Waals surface area contributed by atoms with Crippen LogP contribution in [0.3, 0.4) is 0 Å². The van der Waals surface area contributed by atoms with Crippen LogP contribution in [-0.2, 0) is 13.6 Å². The van der Waals surface area contributed by atoms with Gasteiger partial charge in [-0.2, -0.15) is 0 Å². The quantitative estimate of drug-likeness (QED) is 0.601. The Morgan fingerprint density at radius 3 is 2.33 bits per heavy atom. The molecule has 0 saturated heterocycles. The number of hydrogen-bond donors (Lipinski definition) is 0. The Kier molecular flexibility index (Phi) is 4.92. The van der Waals surface area contributed by atoms with E-state index in [9.17, 15) is 4.57 Å². The van der Waals surface area contributed by atoms with Crippen molar-refractivity contribution in [2.24, 2.45) is 0 Å². The van der Waals surface area contributed by atoms with Crippen molar-refractivity contribution in [3.05, 3.63) is 40.9 Å². The summed E-state index contributed by atoms with van der Waals surface area (Å²) in [6, 6.07) is 8.02. The van der Waals surface area contributed by atoms with Crippen molar-refractivity contribution in [2.75, 3.05) is 13.2 Å². The first-order valence-electron chi connectivity index (χ1n) is 7.93. The van der Waals surface area contributed by atoms with Gasteiger partial charge in [-0.05, 0) is 27.7 Å². The predicted molar refractivity (Wildman–Crippen MR) is 98.5 cm³/mol. The molecule has 7 heteroatoms. The smallest absolute Gasteiger partial charge is 0.304 e. The summed E-state index contributed by atoms with van der Waals surface area (Å²) in [6.07, 6.45) is 0. The van der Waals surface area contributed by atoms with Crippen molar-refractivity contribution < 1.29 is 13.6 Å². The van der Waals surface area contributed by atoms with Gasteiger partial charge in [-0.1, -0.05) is 29.8 Å². The molecule has 24 heavy (non-hydrogen) atoms. The van der Waals surface area contributed by atoms with Gasteiger partial charge in [-0.25, -0.2) is 4.98 Å². The van der Waals surface area contributed by atoms with Crippen LogP contribution in [0.5, 0.6) is 0 Å². The lowest BCUT2D eigenvalue weighted by Crippen LogP contribution is -2.18. The molecule has 2 aromatic heterocycles. The van der Waals surface area contributed by atoms with E-state index in [1.165, 1.54) is 11.3 Å². The number of aromatic nitrogens is 2. The zero-order valence-electron chi connectivity index (χ0n) is 14.3. The maximum atomic E-state index is 13.5. The average molecular weight is 364 g/mol. The van der Waals surface area contributed by atoms with Crippen LogP contribution in [0.2, 0.25) is 0 Å². The molecule has 0 spiro atoms. The van der Waals surface area contributed by atoms with E-state index in [-0.39, 0.29) is 0 Å². The second-order valence-corrected chi connectivity index (χ2v) is 8.25. The summed E-state index contributed by atoms with van der Waals surface area (Å²) in [4.78, 5) is 5.50. The number of nitrogens with zero attached hydrogens (tertiary/aromatic N) is 2. The predicted octanol–water partition coefficient (Wildman–Crippen LogP) is 4.57. The number of rotatable bonds is 6. The Morgan fingerprint density at radius 2 is 1.75 bits per heavy atom. The summed E-state index contributed by atoms with van der Waals surface area (Å²) < 4.78 is 26.6. The van der Waals surface area contributed by atoms with E-state index in [0.717, 1.165) is 21.8 Å². The van der Waals surface area contributed by atoms with Gasteiger partial charge >= 0.3 is 7.60 Å². The summed E-state index contributed by atoms with van der Waals surface area (Å²) in [6.45, 7) is 8.25. The molecule has 0 radical (unpaired) electrons. The molecule has 128 valence electrons. The summed E-state index contributed by atoms with van der Waals surface area (Å²) >= 11 is 1.52. The van der Waals surface area contributed by atoms with Crippen LogP contribution in [-0.4, -0.2) is 22.6 Å². The first kappa shape index (κ1) is 17.4. The standard InChI is InChI=1S/C17H21N2O3PS/c1-5-21-23(20,22-6-2)16-15(14-9-7-12(3)8-10-14)18-17-19(16)13(4)11-24-17/h7-11H,5-6H2,1-4H3. The third kappa shape index (κ3) is 2.95. The number of benzene rings is 1. The molecule has 0 aliphatic carbocycles. The monoisotopic (exact) mass is 364 g/mol. The molecule has 0 unspecified atom stereocenters. The van der Waals surface area contributed by atoms with Gasteiger partial charge in [0.15, 0.2) is 10.4 Å². The number of imidazole rings is 1. The Hall–Kier alpha value is -1.46. The lowest BCUT2D eigenvalue weighted by atomic mass is 10.1. The van der Waals surface area contributed by atoms with E-state index in [1.54, 1.807) is 0 Å². The molecule has 0 fully saturated rings. The minimum absolute atomic E-state index is 0.307. The zero-order chi connectivity index (χ0) is 17.3. The first-order chi connectivity index (χ1) is 11.5. The molecule has 0 N–H and O–H groups in total. The highest BCUT2D eigenvalue weighted by Crippen LogP contribution is 2.49. The summed E-state index contributed by atoms with van der Waals surface area (Å²) in [5, 5.41) is 1.99. The molecular weight excluding hydrogens is 343 g/mol. The number of thiazole rings is 1. The second kappa shape index (κ2) is 6.81. The van der Waals surface area contributed by atoms with Crippen LogP contribution < -0.4 is 5.44 Å². The lowest BCUT2D eigenvalue weighted by molar-refractivity contribution is 0.229. The average Bonchev–Trinajstić information content (AvgIpc) is 3.09. The van der Waals surface area contributed by atoms with Crippen molar-refractivity contribution in [2.45, 2.75) is 27.7 Å². The summed E-state index contributed by atoms with van der Waals surface area (Å²) in [7, 11) is -3.47. The van der Waals surface area contributed by atoms with Crippen LogP contribution in [0.1, 0.15) is 25.1 Å². The van der Waals surface area contributed by atoms with Gasteiger partial charge in [-0.15, -0.1) is 11.3 Å². The van der Waals surface area contributed by atoms with E-state index < -0.39 is 7.60 Å². The zero-order valence-corrected chi connectivity index (χ0v) is 16.0. The van der Waals surface area contributed by atoms with Crippen LogP contribution in [0.4, 0.5) is 0 Å². The summed E-state index contributed by atoms with van der Waals surface area (Å²) in [5.41, 5.74) is 4.22. The van der Waals surface area contributed by atoms with Gasteiger partial charge in [0.2, 0.25) is 0 Å². The van der Waals surface area contributed by atoms with E-state index in [0.29, 0.717) is 24.3 Å². The highest BCUT2D eigenvalue weighted by Gasteiger charge is 2.36. The van der Waals surface area contributed by atoms with Gasteiger partial charge in [0, 0.05) is 16.6 Å². The molecule has 3 rings (SSSR count). The van der Waals surface area contributed by atoms with Crippen molar-refractivity contribution in [1.29, 1.82) is 0 Å². The minimum Gasteiger partial charge on any atom is -0.304 e. The maximum absolute atomic E-state index is 13.5. The third-order valence-electron chi connectivity index (χ3n) is 3.69. The second-order valence-electron chi connectivity index (χ2n) is 5.48. The van der Waals surface area contributed by atoms with Gasteiger partial charge in [0.1, 0.15) is 5.69 Å². The normalized spacial score (nSPS) is 12.2. The Bertz CT molecular complexity index is 889. The van der Waals surface area contributed by atoms with Gasteiger partial charge < -0.3 is 9.05 Å². The largest absolute Gasteiger partial charge is 0.380 e. The molecular formula is C17H21N2O3PS. The molecule has 0 aliphatic rings. The van der Waals surface area contributed by atoms with Crippen molar-refractivity contribution >= 4 is 29.3 Å². The van der Waals surface area contributed by atoms with E-state index in [4.69, 9.17) is 14.0 Å².